The molecule has 0 aromatic heterocycles. The fourth-order valence-electron chi connectivity index (χ4n) is 4.92. The predicted octanol–water partition coefficient (Wildman–Crippen LogP) is 4.80. The molecule has 15 heteroatoms. The molecule has 1 heterocycles. The molecule has 1 aliphatic heterocycles. The molecule has 228 valence electrons. The number of esters is 2. The molecule has 0 N–H and O–H groups in total. The fourth-order valence-corrected chi connectivity index (χ4v) is 6.43. The van der Waals surface area contributed by atoms with Crippen molar-refractivity contribution in [2.24, 2.45) is 5.92 Å². The van der Waals surface area contributed by atoms with Gasteiger partial charge in [0.15, 0.2) is 11.5 Å². The Bertz CT molecular complexity index is 1660. The minimum absolute atomic E-state index is 0.0366. The van der Waals surface area contributed by atoms with Gasteiger partial charge in [-0.05, 0) is 57.6 Å². The van der Waals surface area contributed by atoms with E-state index in [0.29, 0.717) is 19.3 Å². The lowest BCUT2D eigenvalue weighted by Gasteiger charge is -2.21. The summed E-state index contributed by atoms with van der Waals surface area (Å²) in [7, 11) is -9.68. The van der Waals surface area contributed by atoms with Crippen LogP contribution in [0, 0.1) is 19.8 Å². The second-order valence-corrected chi connectivity index (χ2v) is 13.0. The number of rotatable bonds is 9. The van der Waals surface area contributed by atoms with Gasteiger partial charge in [0.05, 0.1) is 13.5 Å². The Hall–Kier alpha value is -3.59. The molecule has 1 unspecified atom stereocenters. The Morgan fingerprint density at radius 3 is 2.36 bits per heavy atom. The van der Waals surface area contributed by atoms with Gasteiger partial charge < -0.3 is 17.8 Å². The van der Waals surface area contributed by atoms with Crippen LogP contribution in [-0.2, 0) is 47.5 Å². The van der Waals surface area contributed by atoms with Crippen LogP contribution >= 0.6 is 0 Å². The highest BCUT2D eigenvalue weighted by atomic mass is 32.2. The second-order valence-electron chi connectivity index (χ2n) is 9.88. The Morgan fingerprint density at radius 2 is 1.74 bits per heavy atom. The van der Waals surface area contributed by atoms with Crippen molar-refractivity contribution >= 4 is 32.2 Å². The summed E-state index contributed by atoms with van der Waals surface area (Å²) in [5, 5.41) is 0. The molecule has 1 atom stereocenters. The molecular weight excluding hydrogens is 605 g/mol. The number of halogens is 3. The van der Waals surface area contributed by atoms with Crippen molar-refractivity contribution in [1.29, 1.82) is 0 Å². The lowest BCUT2D eigenvalue weighted by molar-refractivity contribution is -0.141. The van der Waals surface area contributed by atoms with Crippen LogP contribution in [0.25, 0.3) is 0 Å². The van der Waals surface area contributed by atoms with Gasteiger partial charge in [0, 0.05) is 16.7 Å². The van der Waals surface area contributed by atoms with Gasteiger partial charge in [-0.25, -0.2) is 4.79 Å². The van der Waals surface area contributed by atoms with Crippen LogP contribution < -0.4 is 8.37 Å². The largest absolute Gasteiger partial charge is 0.534 e. The van der Waals surface area contributed by atoms with E-state index in [2.05, 4.69) is 4.18 Å². The van der Waals surface area contributed by atoms with Crippen LogP contribution in [0.5, 0.6) is 11.5 Å². The van der Waals surface area contributed by atoms with Gasteiger partial charge in [-0.1, -0.05) is 29.3 Å². The summed E-state index contributed by atoms with van der Waals surface area (Å²) < 4.78 is 111. The Labute approximate surface area is 240 Å². The molecule has 2 aromatic rings. The lowest BCUT2D eigenvalue weighted by Crippen LogP contribution is -2.29. The van der Waals surface area contributed by atoms with Gasteiger partial charge >= 0.3 is 37.7 Å². The third-order valence-corrected chi connectivity index (χ3v) is 9.34. The standard InChI is InChI=1S/C27H27F3O10S2/c1-15-7-10-19(11-8-15)41(33,34)39-25-20(12-9-17-5-4-6-18(17)13-22(31)37-3)24(40-42(35,36)27(28,29)30)16(2)21-14-38-26(32)23(21)25/h7-11,18H,4-6,12-14H2,1-3H3/b17-9+. The predicted molar refractivity (Wildman–Crippen MR) is 141 cm³/mol. The number of benzene rings is 2. The van der Waals surface area contributed by atoms with Crippen molar-refractivity contribution in [2.75, 3.05) is 7.11 Å². The number of ether oxygens (including phenoxy) is 2. The molecule has 0 bridgehead atoms. The van der Waals surface area contributed by atoms with Gasteiger partial charge in [-0.3, -0.25) is 4.79 Å². The van der Waals surface area contributed by atoms with E-state index < -0.39 is 67.8 Å². The first kappa shape index (κ1) is 31.3. The molecule has 10 nitrogen and oxygen atoms in total. The number of aryl methyl sites for hydroxylation is 1. The van der Waals surface area contributed by atoms with Crippen molar-refractivity contribution in [3.05, 3.63) is 63.7 Å². The molecule has 2 aliphatic rings. The van der Waals surface area contributed by atoms with Crippen LogP contribution in [0.15, 0.2) is 40.8 Å². The summed E-state index contributed by atoms with van der Waals surface area (Å²) >= 11 is 0. The van der Waals surface area contributed by atoms with E-state index >= 15 is 0 Å². The number of hydrogen-bond acceptors (Lipinski definition) is 10. The molecular formula is C27H27F3O10S2. The van der Waals surface area contributed by atoms with Crippen LogP contribution in [-0.4, -0.2) is 41.4 Å². The van der Waals surface area contributed by atoms with E-state index in [1.165, 1.54) is 38.3 Å². The molecule has 4 rings (SSSR count). The van der Waals surface area contributed by atoms with E-state index in [1.807, 2.05) is 0 Å². The average Bonchev–Trinajstić information content (AvgIpc) is 3.51. The summed E-state index contributed by atoms with van der Waals surface area (Å²) in [5.41, 5.74) is -5.41. The second kappa shape index (κ2) is 11.6. The number of carbonyl (C=O) groups excluding carboxylic acids is 2. The van der Waals surface area contributed by atoms with Gasteiger partial charge in [0.25, 0.3) is 0 Å². The zero-order valence-corrected chi connectivity index (χ0v) is 24.4. The highest BCUT2D eigenvalue weighted by Gasteiger charge is 2.50. The van der Waals surface area contributed by atoms with E-state index in [-0.39, 0.29) is 33.9 Å². The average molecular weight is 633 g/mol. The number of carbonyl (C=O) groups is 2. The molecule has 0 saturated heterocycles. The highest BCUT2D eigenvalue weighted by Crippen LogP contribution is 2.46. The van der Waals surface area contributed by atoms with Crippen LogP contribution in [0.2, 0.25) is 0 Å². The zero-order valence-electron chi connectivity index (χ0n) is 22.7. The first-order valence-electron chi connectivity index (χ1n) is 12.7. The maximum Gasteiger partial charge on any atom is 0.534 e. The first-order valence-corrected chi connectivity index (χ1v) is 15.5. The monoisotopic (exact) mass is 632 g/mol. The van der Waals surface area contributed by atoms with Crippen LogP contribution in [0.1, 0.15) is 58.3 Å². The van der Waals surface area contributed by atoms with Gasteiger partial charge in [-0.2, -0.15) is 30.0 Å². The number of alkyl halides is 3. The van der Waals surface area contributed by atoms with Crippen molar-refractivity contribution in [3.63, 3.8) is 0 Å². The number of methoxy groups -OCH3 is 1. The Morgan fingerprint density at radius 1 is 1.07 bits per heavy atom. The smallest absolute Gasteiger partial charge is 0.469 e. The normalized spacial score (nSPS) is 18.1. The zero-order chi connectivity index (χ0) is 31.0. The summed E-state index contributed by atoms with van der Waals surface area (Å²) in [5.74, 6) is -3.28. The summed E-state index contributed by atoms with van der Waals surface area (Å²) in [4.78, 5) is 24.3. The third kappa shape index (κ3) is 6.26. The highest BCUT2D eigenvalue weighted by molar-refractivity contribution is 7.88. The quantitative estimate of drug-likeness (QED) is 0.164. The first-order chi connectivity index (χ1) is 19.6. The molecule has 1 fully saturated rings. The number of cyclic esters (lactones) is 1. The maximum atomic E-state index is 13.4. The summed E-state index contributed by atoms with van der Waals surface area (Å²) in [6.07, 6.45) is 3.02. The topological polar surface area (TPSA) is 139 Å². The van der Waals surface area contributed by atoms with Gasteiger partial charge in [0.1, 0.15) is 17.1 Å². The molecule has 1 saturated carbocycles. The minimum atomic E-state index is -6.22. The summed E-state index contributed by atoms with van der Waals surface area (Å²) in [6.45, 7) is 2.46. The molecule has 42 heavy (non-hydrogen) atoms. The lowest BCUT2D eigenvalue weighted by atomic mass is 9.93. The SMILES string of the molecule is COC(=O)CC1CCC/C1=C\Cc1c(OS(=O)(=O)C(F)(F)F)c(C)c2c(c1OS(=O)(=O)c1ccc(C)cc1)C(=O)OC2. The number of fused-ring (bicyclic) bond motifs is 1. The van der Waals surface area contributed by atoms with Gasteiger partial charge in [0.2, 0.25) is 0 Å². The molecule has 1 aliphatic carbocycles. The molecule has 0 amide bonds. The van der Waals surface area contributed by atoms with Crippen molar-refractivity contribution in [3.8, 4) is 11.5 Å². The van der Waals surface area contributed by atoms with Crippen molar-refractivity contribution < 1.29 is 57.4 Å². The van der Waals surface area contributed by atoms with Crippen LogP contribution in [0.3, 0.4) is 0 Å². The Kier molecular flexibility index (Phi) is 8.65. The molecule has 0 spiro atoms. The van der Waals surface area contributed by atoms with Crippen molar-refractivity contribution in [2.45, 2.75) is 63.0 Å². The van der Waals surface area contributed by atoms with Crippen molar-refractivity contribution in [1.82, 2.24) is 0 Å². The fraction of sp³-hybridized carbons (Fsp3) is 0.407. The minimum Gasteiger partial charge on any atom is -0.469 e. The summed E-state index contributed by atoms with van der Waals surface area (Å²) in [6, 6.07) is 5.45. The van der Waals surface area contributed by atoms with E-state index in [4.69, 9.17) is 13.7 Å². The number of hydrogen-bond donors (Lipinski definition) is 0. The van der Waals surface area contributed by atoms with E-state index in [1.54, 1.807) is 13.0 Å². The molecule has 0 radical (unpaired) electrons. The van der Waals surface area contributed by atoms with Crippen LogP contribution in [0.4, 0.5) is 13.2 Å². The van der Waals surface area contributed by atoms with E-state index in [0.717, 1.165) is 11.1 Å². The molecule has 2 aromatic carbocycles. The number of allylic oxidation sites excluding steroid dienone is 2. The van der Waals surface area contributed by atoms with Gasteiger partial charge in [-0.15, -0.1) is 0 Å². The maximum absolute atomic E-state index is 13.4. The Balaban J connectivity index is 1.93. The third-order valence-electron chi connectivity index (χ3n) is 7.15. The van der Waals surface area contributed by atoms with E-state index in [9.17, 15) is 39.6 Å².